The van der Waals surface area contributed by atoms with Crippen molar-refractivity contribution in [1.82, 2.24) is 20.1 Å². The third kappa shape index (κ3) is 4.52. The van der Waals surface area contributed by atoms with Crippen molar-refractivity contribution in [2.75, 3.05) is 5.75 Å². The van der Waals surface area contributed by atoms with Crippen LogP contribution in [0.15, 0.2) is 65.8 Å². The molecule has 134 valence electrons. The molecule has 1 N–H and O–H groups in total. The molecular formula is C20H22N4OS. The maximum absolute atomic E-state index is 12.2. The third-order valence-electron chi connectivity index (χ3n) is 4.10. The molecule has 3 rings (SSSR count). The topological polar surface area (TPSA) is 59.8 Å². The lowest BCUT2D eigenvalue weighted by Gasteiger charge is -2.14. The fourth-order valence-corrected chi connectivity index (χ4v) is 3.50. The number of aromatic nitrogens is 3. The lowest BCUT2D eigenvalue weighted by molar-refractivity contribution is -0.121. The van der Waals surface area contributed by atoms with E-state index in [1.807, 2.05) is 79.2 Å². The summed E-state index contributed by atoms with van der Waals surface area (Å²) < 4.78 is 1.96. The van der Waals surface area contributed by atoms with E-state index in [1.54, 1.807) is 11.8 Å². The molecule has 1 unspecified atom stereocenters. The van der Waals surface area contributed by atoms with Gasteiger partial charge in [0, 0.05) is 24.8 Å². The fourth-order valence-electron chi connectivity index (χ4n) is 2.65. The normalized spacial score (nSPS) is 11.9. The monoisotopic (exact) mass is 366 g/mol. The smallest absolute Gasteiger partial charge is 0.221 e. The number of nitrogens with zero attached hydrogens (tertiary/aromatic N) is 3. The predicted molar refractivity (Wildman–Crippen MR) is 105 cm³/mol. The zero-order valence-corrected chi connectivity index (χ0v) is 15.7. The highest BCUT2D eigenvalue weighted by molar-refractivity contribution is 7.99. The summed E-state index contributed by atoms with van der Waals surface area (Å²) in [6.45, 7) is 2.00. The Balaban J connectivity index is 1.51. The molecule has 26 heavy (non-hydrogen) atoms. The van der Waals surface area contributed by atoms with Crippen LogP contribution in [-0.4, -0.2) is 26.4 Å². The molecule has 1 atom stereocenters. The first-order chi connectivity index (χ1) is 12.6. The lowest BCUT2D eigenvalue weighted by atomic mass is 10.1. The molecule has 1 heterocycles. The minimum absolute atomic E-state index is 0.00760. The zero-order chi connectivity index (χ0) is 18.4. The molecule has 0 bridgehead atoms. The Bertz CT molecular complexity index is 849. The van der Waals surface area contributed by atoms with Gasteiger partial charge in [-0.25, -0.2) is 0 Å². The van der Waals surface area contributed by atoms with Crippen molar-refractivity contribution in [3.63, 3.8) is 0 Å². The van der Waals surface area contributed by atoms with Gasteiger partial charge in [-0.15, -0.1) is 10.2 Å². The van der Waals surface area contributed by atoms with Gasteiger partial charge < -0.3 is 9.88 Å². The van der Waals surface area contributed by atoms with Gasteiger partial charge in [-0.05, 0) is 12.5 Å². The Labute approximate surface area is 157 Å². The second-order valence-electron chi connectivity index (χ2n) is 6.03. The number of thioether (sulfide) groups is 1. The van der Waals surface area contributed by atoms with Crippen LogP contribution in [0.1, 0.15) is 24.9 Å². The molecule has 3 aromatic rings. The second kappa shape index (κ2) is 8.67. The van der Waals surface area contributed by atoms with Crippen molar-refractivity contribution < 1.29 is 4.79 Å². The summed E-state index contributed by atoms with van der Waals surface area (Å²) in [7, 11) is 1.95. The minimum atomic E-state index is 0.00760. The zero-order valence-electron chi connectivity index (χ0n) is 14.9. The van der Waals surface area contributed by atoms with Crippen molar-refractivity contribution >= 4 is 17.7 Å². The van der Waals surface area contributed by atoms with Crippen LogP contribution in [0.2, 0.25) is 0 Å². The van der Waals surface area contributed by atoms with Crippen LogP contribution < -0.4 is 5.32 Å². The number of rotatable bonds is 7. The highest BCUT2D eigenvalue weighted by atomic mass is 32.2. The van der Waals surface area contributed by atoms with Gasteiger partial charge in [-0.3, -0.25) is 4.79 Å². The summed E-state index contributed by atoms with van der Waals surface area (Å²) in [5, 5.41) is 12.4. The maximum Gasteiger partial charge on any atom is 0.221 e. The van der Waals surface area contributed by atoms with Crippen LogP contribution >= 0.6 is 11.8 Å². The number of carbonyl (C=O) groups is 1. The molecule has 5 nitrogen and oxygen atoms in total. The predicted octanol–water partition coefficient (Wildman–Crippen LogP) is 3.84. The first kappa shape index (κ1) is 18.2. The Morgan fingerprint density at radius 1 is 1.08 bits per heavy atom. The van der Waals surface area contributed by atoms with E-state index in [4.69, 9.17) is 0 Å². The molecule has 0 radical (unpaired) electrons. The van der Waals surface area contributed by atoms with Gasteiger partial charge >= 0.3 is 0 Å². The van der Waals surface area contributed by atoms with E-state index in [0.29, 0.717) is 12.2 Å². The van der Waals surface area contributed by atoms with Crippen LogP contribution in [0.5, 0.6) is 0 Å². The van der Waals surface area contributed by atoms with Crippen molar-refractivity contribution in [1.29, 1.82) is 0 Å². The van der Waals surface area contributed by atoms with Gasteiger partial charge in [-0.2, -0.15) is 0 Å². The molecule has 0 aliphatic carbocycles. The molecule has 6 heteroatoms. The Kier molecular flexibility index (Phi) is 6.07. The molecule has 1 aromatic heterocycles. The number of carbonyl (C=O) groups excluding carboxylic acids is 1. The summed E-state index contributed by atoms with van der Waals surface area (Å²) in [6.07, 6.45) is 0.440. The van der Waals surface area contributed by atoms with Crippen molar-refractivity contribution in [3.05, 3.63) is 66.2 Å². The molecule has 0 saturated carbocycles. The SMILES string of the molecule is CC(NC(=O)CCSc1nnc(-c2ccccc2)n1C)c1ccccc1. The van der Waals surface area contributed by atoms with E-state index >= 15 is 0 Å². The van der Waals surface area contributed by atoms with Gasteiger partial charge in [0.25, 0.3) is 0 Å². The Morgan fingerprint density at radius 3 is 2.42 bits per heavy atom. The van der Waals surface area contributed by atoms with Gasteiger partial charge in [0.05, 0.1) is 6.04 Å². The van der Waals surface area contributed by atoms with Crippen LogP contribution in [-0.2, 0) is 11.8 Å². The average molecular weight is 366 g/mol. The first-order valence-corrected chi connectivity index (χ1v) is 9.55. The lowest BCUT2D eigenvalue weighted by Crippen LogP contribution is -2.26. The molecule has 0 aliphatic rings. The average Bonchev–Trinajstić information content (AvgIpc) is 3.04. The summed E-state index contributed by atoms with van der Waals surface area (Å²) in [6, 6.07) is 19.9. The van der Waals surface area contributed by atoms with E-state index in [1.165, 1.54) is 0 Å². The molecule has 0 saturated heterocycles. The highest BCUT2D eigenvalue weighted by Gasteiger charge is 2.13. The minimum Gasteiger partial charge on any atom is -0.350 e. The maximum atomic E-state index is 12.2. The second-order valence-corrected chi connectivity index (χ2v) is 7.09. The number of hydrogen-bond donors (Lipinski definition) is 1. The summed E-state index contributed by atoms with van der Waals surface area (Å²) in [4.78, 5) is 12.2. The van der Waals surface area contributed by atoms with Crippen molar-refractivity contribution in [2.45, 2.75) is 24.5 Å². The van der Waals surface area contributed by atoms with Crippen LogP contribution in [0.4, 0.5) is 0 Å². The Hall–Kier alpha value is -2.60. The number of amides is 1. The summed E-state index contributed by atoms with van der Waals surface area (Å²) in [5.41, 5.74) is 2.14. The van der Waals surface area contributed by atoms with Crippen molar-refractivity contribution in [2.24, 2.45) is 7.05 Å². The first-order valence-electron chi connectivity index (χ1n) is 8.57. The van der Waals surface area contributed by atoms with E-state index in [0.717, 1.165) is 22.1 Å². The van der Waals surface area contributed by atoms with Gasteiger partial charge in [0.2, 0.25) is 5.91 Å². The molecule has 0 fully saturated rings. The molecule has 1 amide bonds. The van der Waals surface area contributed by atoms with Gasteiger partial charge in [-0.1, -0.05) is 72.4 Å². The molecule has 0 aliphatic heterocycles. The standard InChI is InChI=1S/C20H22N4OS/c1-15(16-9-5-3-6-10-16)21-18(25)13-14-26-20-23-22-19(24(20)2)17-11-7-4-8-12-17/h3-12,15H,13-14H2,1-2H3,(H,21,25). The number of hydrogen-bond acceptors (Lipinski definition) is 4. The van der Waals surface area contributed by atoms with E-state index < -0.39 is 0 Å². The van der Waals surface area contributed by atoms with Crippen molar-refractivity contribution in [3.8, 4) is 11.4 Å². The Morgan fingerprint density at radius 2 is 1.73 bits per heavy atom. The third-order valence-corrected chi connectivity index (χ3v) is 5.13. The molecular weight excluding hydrogens is 344 g/mol. The van der Waals surface area contributed by atoms with Crippen LogP contribution in [0.3, 0.4) is 0 Å². The van der Waals surface area contributed by atoms with E-state index in [2.05, 4.69) is 15.5 Å². The fraction of sp³-hybridized carbons (Fsp3) is 0.250. The van der Waals surface area contributed by atoms with E-state index in [9.17, 15) is 4.79 Å². The number of benzene rings is 2. The summed E-state index contributed by atoms with van der Waals surface area (Å²) in [5.74, 6) is 1.53. The van der Waals surface area contributed by atoms with Crippen LogP contribution in [0.25, 0.3) is 11.4 Å². The van der Waals surface area contributed by atoms with E-state index in [-0.39, 0.29) is 11.9 Å². The molecule has 2 aromatic carbocycles. The number of nitrogens with one attached hydrogen (secondary N) is 1. The highest BCUT2D eigenvalue weighted by Crippen LogP contribution is 2.22. The van der Waals surface area contributed by atoms with Gasteiger partial charge in [0.1, 0.15) is 0 Å². The largest absolute Gasteiger partial charge is 0.350 e. The summed E-state index contributed by atoms with van der Waals surface area (Å²) >= 11 is 1.54. The molecule has 0 spiro atoms. The quantitative estimate of drug-likeness (QED) is 0.646. The van der Waals surface area contributed by atoms with Crippen LogP contribution in [0, 0.1) is 0 Å². The van der Waals surface area contributed by atoms with Gasteiger partial charge in [0.15, 0.2) is 11.0 Å².